The quantitative estimate of drug-likeness (QED) is 0.160. The lowest BCUT2D eigenvalue weighted by Crippen LogP contribution is -2.22. The van der Waals surface area contributed by atoms with Crippen LogP contribution < -0.4 is 10.5 Å². The number of carboxylic acids is 1. The van der Waals surface area contributed by atoms with E-state index in [0.29, 0.717) is 17.7 Å². The van der Waals surface area contributed by atoms with Crippen molar-refractivity contribution in [1.29, 1.82) is 0 Å². The van der Waals surface area contributed by atoms with Crippen molar-refractivity contribution in [3.8, 4) is 5.75 Å². The highest BCUT2D eigenvalue weighted by atomic mass is 32.2. The van der Waals surface area contributed by atoms with Gasteiger partial charge in [0, 0.05) is 32.2 Å². The summed E-state index contributed by atoms with van der Waals surface area (Å²) in [6, 6.07) is 11.5. The van der Waals surface area contributed by atoms with E-state index in [2.05, 4.69) is 5.32 Å². The number of phenols is 1. The van der Waals surface area contributed by atoms with Gasteiger partial charge in [0.1, 0.15) is 5.75 Å². The molecule has 0 aliphatic carbocycles. The number of ether oxygens (including phenoxy) is 1. The highest BCUT2D eigenvalue weighted by molar-refractivity contribution is 7.89. The number of nitrogens with two attached hydrogens (primary N) is 1. The average Bonchev–Trinajstić information content (AvgIpc) is 2.86. The van der Waals surface area contributed by atoms with E-state index in [4.69, 9.17) is 19.8 Å². The van der Waals surface area contributed by atoms with Gasteiger partial charge in [-0.25, -0.2) is 13.6 Å². The summed E-state index contributed by atoms with van der Waals surface area (Å²) in [4.78, 5) is 9.14. The van der Waals surface area contributed by atoms with E-state index in [-0.39, 0.29) is 17.3 Å². The molecule has 0 aliphatic heterocycles. The Morgan fingerprint density at radius 1 is 1.00 bits per heavy atom. The number of rotatable bonds is 17. The summed E-state index contributed by atoms with van der Waals surface area (Å²) >= 11 is 0. The molecule has 7 N–H and O–H groups in total. The Morgan fingerprint density at radius 2 is 1.61 bits per heavy atom. The first-order valence-electron chi connectivity index (χ1n) is 12.7. The molecule has 0 aliphatic rings. The number of aryl methyl sites for hydroxylation is 1. The molecule has 0 unspecified atom stereocenters. The third-order valence-corrected chi connectivity index (χ3v) is 6.57. The summed E-state index contributed by atoms with van der Waals surface area (Å²) in [5, 5.41) is 44.8. The number of aliphatic hydroxyl groups is 2. The molecular weight excluding hydrogens is 512 g/mol. The van der Waals surface area contributed by atoms with Crippen molar-refractivity contribution in [2.45, 2.75) is 69.5 Å². The number of primary sulfonamides is 1. The number of nitrogens with one attached hydrogen (secondary N) is 1. The molecule has 0 saturated heterocycles. The number of unbranched alkanes of at least 4 members (excludes halogenated alkanes) is 4. The van der Waals surface area contributed by atoms with E-state index >= 15 is 0 Å². The first-order chi connectivity index (χ1) is 18.0. The van der Waals surface area contributed by atoms with Gasteiger partial charge < -0.3 is 30.5 Å². The summed E-state index contributed by atoms with van der Waals surface area (Å²) in [5.41, 5.74) is 2.17. The molecule has 0 bridgehead atoms. The zero-order valence-corrected chi connectivity index (χ0v) is 22.8. The molecular formula is C27H42N2O8S. The molecule has 2 aromatic carbocycles. The van der Waals surface area contributed by atoms with Crippen molar-refractivity contribution < 1.29 is 38.4 Å². The maximum atomic E-state index is 11.3. The minimum Gasteiger partial charge on any atom is -0.508 e. The van der Waals surface area contributed by atoms with Crippen LogP contribution in [0.2, 0.25) is 0 Å². The number of aliphatic hydroxyl groups excluding tert-OH is 2. The normalized spacial score (nSPS) is 12.0. The van der Waals surface area contributed by atoms with Crippen LogP contribution in [0.4, 0.5) is 0 Å². The molecule has 2 aromatic rings. The fraction of sp³-hybridized carbons (Fsp3) is 0.519. The fourth-order valence-electron chi connectivity index (χ4n) is 3.58. The molecule has 38 heavy (non-hydrogen) atoms. The van der Waals surface area contributed by atoms with E-state index in [9.17, 15) is 23.7 Å². The number of carboxylic acid groups (broad SMARTS) is 1. The van der Waals surface area contributed by atoms with Gasteiger partial charge in [0.25, 0.3) is 5.97 Å². The molecule has 1 atom stereocenters. The van der Waals surface area contributed by atoms with Gasteiger partial charge in [0.05, 0.1) is 17.6 Å². The average molecular weight is 555 g/mol. The molecule has 0 radical (unpaired) electrons. The summed E-state index contributed by atoms with van der Waals surface area (Å²) in [5.74, 6) is -0.800. The van der Waals surface area contributed by atoms with Crippen LogP contribution in [0.1, 0.15) is 68.2 Å². The molecule has 0 spiro atoms. The second-order valence-electron chi connectivity index (χ2n) is 8.96. The van der Waals surface area contributed by atoms with Gasteiger partial charge in [0.2, 0.25) is 10.0 Å². The number of hydrogen-bond donors (Lipinski definition) is 6. The van der Waals surface area contributed by atoms with Gasteiger partial charge >= 0.3 is 0 Å². The van der Waals surface area contributed by atoms with E-state index in [1.807, 2.05) is 0 Å². The minimum absolute atomic E-state index is 0.0328. The Morgan fingerprint density at radius 3 is 2.21 bits per heavy atom. The van der Waals surface area contributed by atoms with Crippen molar-refractivity contribution >= 4 is 16.0 Å². The fourth-order valence-corrected chi connectivity index (χ4v) is 4.10. The molecule has 0 heterocycles. The van der Waals surface area contributed by atoms with Crippen LogP contribution >= 0.6 is 0 Å². The summed E-state index contributed by atoms with van der Waals surface area (Å²) in [7, 11) is -3.63. The number of carbonyl (C=O) groups is 1. The maximum Gasteiger partial charge on any atom is 0.300 e. The largest absolute Gasteiger partial charge is 0.508 e. The third kappa shape index (κ3) is 15.0. The molecule has 0 saturated carbocycles. The predicted octanol–water partition coefficient (Wildman–Crippen LogP) is 2.85. The van der Waals surface area contributed by atoms with Crippen LogP contribution in [0, 0.1) is 0 Å². The lowest BCUT2D eigenvalue weighted by molar-refractivity contribution is -0.134. The molecule has 10 nitrogen and oxygen atoms in total. The van der Waals surface area contributed by atoms with Crippen molar-refractivity contribution in [2.75, 3.05) is 26.3 Å². The molecule has 0 fully saturated rings. The van der Waals surface area contributed by atoms with Gasteiger partial charge in [-0.15, -0.1) is 0 Å². The second-order valence-corrected chi connectivity index (χ2v) is 10.5. The Hall–Kier alpha value is -2.54. The lowest BCUT2D eigenvalue weighted by atomic mass is 10.1. The molecule has 0 aromatic heterocycles. The standard InChI is InChI=1S/C25H38N2O6S.C2H4O2/c26-34(31,32)23-11-8-20(9-12-23)7-3-6-16-33-15-5-2-1-4-14-27-18-25(30)21-10-13-24(29)22(17-21)19-28;1-2(3)4/h8-13,17,25,27-30H,1-7,14-16,18-19H2,(H2,26,31,32);1H3,(H,3,4)/t25-;/m0./s1. The van der Waals surface area contributed by atoms with Gasteiger partial charge in [-0.1, -0.05) is 31.0 Å². The predicted molar refractivity (Wildman–Crippen MR) is 145 cm³/mol. The maximum absolute atomic E-state index is 11.3. The molecule has 2 rings (SSSR count). The second kappa shape index (κ2) is 18.7. The number of aromatic hydroxyl groups is 1. The Balaban J connectivity index is 0.00000168. The van der Waals surface area contributed by atoms with E-state index in [1.54, 1.807) is 36.4 Å². The van der Waals surface area contributed by atoms with E-state index in [0.717, 1.165) is 77.2 Å². The van der Waals surface area contributed by atoms with Crippen LogP contribution in [-0.4, -0.2) is 61.1 Å². The van der Waals surface area contributed by atoms with Gasteiger partial charge in [-0.3, -0.25) is 4.79 Å². The highest BCUT2D eigenvalue weighted by Gasteiger charge is 2.10. The monoisotopic (exact) mass is 554 g/mol. The Bertz CT molecular complexity index is 1040. The van der Waals surface area contributed by atoms with Crippen molar-refractivity contribution in [3.63, 3.8) is 0 Å². The van der Waals surface area contributed by atoms with Gasteiger partial charge in [-0.05, 0) is 74.0 Å². The SMILES string of the molecule is CC(=O)O.NS(=O)(=O)c1ccc(CCCCOCCCCCCNC[C@H](O)c2ccc(O)c(CO)c2)cc1. The summed E-state index contributed by atoms with van der Waals surface area (Å²) in [6.45, 7) is 3.55. The zero-order chi connectivity index (χ0) is 28.4. The topological polar surface area (TPSA) is 179 Å². The van der Waals surface area contributed by atoms with E-state index in [1.165, 1.54) is 6.07 Å². The van der Waals surface area contributed by atoms with Crippen molar-refractivity contribution in [2.24, 2.45) is 5.14 Å². The smallest absolute Gasteiger partial charge is 0.300 e. The minimum atomic E-state index is -3.63. The van der Waals surface area contributed by atoms with Crippen LogP contribution in [0.5, 0.6) is 5.75 Å². The van der Waals surface area contributed by atoms with Crippen LogP contribution in [0.15, 0.2) is 47.4 Å². The number of hydrogen-bond acceptors (Lipinski definition) is 8. The Kier molecular flexibility index (Phi) is 16.5. The first kappa shape index (κ1) is 33.5. The molecule has 11 heteroatoms. The summed E-state index contributed by atoms with van der Waals surface area (Å²) in [6.07, 6.45) is 6.38. The summed E-state index contributed by atoms with van der Waals surface area (Å²) < 4.78 is 28.2. The lowest BCUT2D eigenvalue weighted by Gasteiger charge is -2.14. The number of benzene rings is 2. The number of sulfonamides is 1. The van der Waals surface area contributed by atoms with Gasteiger partial charge in [-0.2, -0.15) is 0 Å². The first-order valence-corrected chi connectivity index (χ1v) is 14.3. The van der Waals surface area contributed by atoms with Crippen LogP contribution in [0.25, 0.3) is 0 Å². The van der Waals surface area contributed by atoms with Crippen molar-refractivity contribution in [3.05, 3.63) is 59.2 Å². The molecule has 214 valence electrons. The highest BCUT2D eigenvalue weighted by Crippen LogP contribution is 2.22. The number of aliphatic carboxylic acids is 1. The van der Waals surface area contributed by atoms with Crippen LogP contribution in [0.3, 0.4) is 0 Å². The van der Waals surface area contributed by atoms with Gasteiger partial charge in [0.15, 0.2) is 0 Å². The van der Waals surface area contributed by atoms with Crippen LogP contribution in [-0.2, 0) is 32.6 Å². The van der Waals surface area contributed by atoms with E-state index < -0.39 is 22.1 Å². The van der Waals surface area contributed by atoms with Crippen molar-refractivity contribution in [1.82, 2.24) is 5.32 Å². The molecule has 0 amide bonds. The third-order valence-electron chi connectivity index (χ3n) is 5.64. The Labute approximate surface area is 225 Å². The zero-order valence-electron chi connectivity index (χ0n) is 22.0.